The van der Waals surface area contributed by atoms with E-state index in [-0.39, 0.29) is 29.4 Å². The normalized spacial score (nSPS) is 24.3. The maximum atomic E-state index is 11.6. The Hall–Kier alpha value is -1.56. The Labute approximate surface area is 118 Å². The Kier molecular flexibility index (Phi) is 3.41. The van der Waals surface area contributed by atoms with Crippen LogP contribution in [0.2, 0.25) is 0 Å². The average Bonchev–Trinajstić information content (AvgIpc) is 3.18. The van der Waals surface area contributed by atoms with Gasteiger partial charge in [-0.05, 0) is 43.5 Å². The van der Waals surface area contributed by atoms with Crippen LogP contribution in [0.1, 0.15) is 19.3 Å². The third-order valence-corrected chi connectivity index (χ3v) is 5.47. The molecular weight excluding hydrogens is 276 g/mol. The maximum absolute atomic E-state index is 11.6. The van der Waals surface area contributed by atoms with E-state index < -0.39 is 9.84 Å². The fourth-order valence-electron chi connectivity index (χ4n) is 2.38. The molecule has 20 heavy (non-hydrogen) atoms. The van der Waals surface area contributed by atoms with Gasteiger partial charge >= 0.3 is 0 Å². The molecule has 5 nitrogen and oxygen atoms in total. The van der Waals surface area contributed by atoms with E-state index in [1.54, 1.807) is 0 Å². The number of sulfone groups is 1. The van der Waals surface area contributed by atoms with Gasteiger partial charge in [0, 0.05) is 23.3 Å². The molecule has 0 aromatic heterocycles. The standard InChI is InChI=1S/C14H18N2O3S/c17-14(10-1-2-10)16-12-5-3-11(4-6-12)15-13-7-8-20(18,19)9-13/h3-6,10,13,15H,1-2,7-9H2,(H,16,17). The molecule has 2 fully saturated rings. The Morgan fingerprint density at radius 3 is 2.25 bits per heavy atom. The average molecular weight is 294 g/mol. The first-order valence-corrected chi connectivity index (χ1v) is 8.72. The number of benzene rings is 1. The van der Waals surface area contributed by atoms with Crippen LogP contribution in [0.25, 0.3) is 0 Å². The van der Waals surface area contributed by atoms with Crippen molar-refractivity contribution in [3.05, 3.63) is 24.3 Å². The SMILES string of the molecule is O=C(Nc1ccc(NC2CCS(=O)(=O)C2)cc1)C1CC1. The molecule has 1 amide bonds. The molecule has 1 saturated heterocycles. The molecule has 0 radical (unpaired) electrons. The highest BCUT2D eigenvalue weighted by Crippen LogP contribution is 2.30. The topological polar surface area (TPSA) is 75.3 Å². The van der Waals surface area contributed by atoms with E-state index in [1.165, 1.54) is 0 Å². The van der Waals surface area contributed by atoms with Gasteiger partial charge in [0.2, 0.25) is 5.91 Å². The van der Waals surface area contributed by atoms with Crippen LogP contribution in [0.3, 0.4) is 0 Å². The van der Waals surface area contributed by atoms with Crippen molar-refractivity contribution in [2.75, 3.05) is 22.1 Å². The zero-order valence-corrected chi connectivity index (χ0v) is 11.9. The Morgan fingerprint density at radius 2 is 1.70 bits per heavy atom. The van der Waals surface area contributed by atoms with E-state index in [0.29, 0.717) is 6.42 Å². The first-order chi connectivity index (χ1) is 9.52. The third-order valence-electron chi connectivity index (χ3n) is 3.70. The summed E-state index contributed by atoms with van der Waals surface area (Å²) in [5, 5.41) is 6.10. The van der Waals surface area contributed by atoms with Crippen molar-refractivity contribution in [2.24, 2.45) is 5.92 Å². The van der Waals surface area contributed by atoms with Gasteiger partial charge < -0.3 is 10.6 Å². The van der Waals surface area contributed by atoms with E-state index >= 15 is 0 Å². The molecule has 0 bridgehead atoms. The van der Waals surface area contributed by atoms with E-state index in [2.05, 4.69) is 10.6 Å². The van der Waals surface area contributed by atoms with E-state index in [4.69, 9.17) is 0 Å². The zero-order chi connectivity index (χ0) is 14.2. The van der Waals surface area contributed by atoms with Gasteiger partial charge in [-0.2, -0.15) is 0 Å². The Balaban J connectivity index is 1.57. The number of hydrogen-bond donors (Lipinski definition) is 2. The number of carbonyl (C=O) groups is 1. The highest BCUT2D eigenvalue weighted by Gasteiger charge is 2.29. The van der Waals surface area contributed by atoms with Crippen molar-refractivity contribution in [1.29, 1.82) is 0 Å². The van der Waals surface area contributed by atoms with Gasteiger partial charge in [-0.1, -0.05) is 0 Å². The quantitative estimate of drug-likeness (QED) is 0.885. The monoisotopic (exact) mass is 294 g/mol. The lowest BCUT2D eigenvalue weighted by Gasteiger charge is -2.13. The second kappa shape index (κ2) is 5.09. The van der Waals surface area contributed by atoms with E-state index in [1.807, 2.05) is 24.3 Å². The van der Waals surface area contributed by atoms with Crippen molar-refractivity contribution < 1.29 is 13.2 Å². The van der Waals surface area contributed by atoms with Gasteiger partial charge in [0.15, 0.2) is 9.84 Å². The molecule has 1 aromatic carbocycles. The highest BCUT2D eigenvalue weighted by molar-refractivity contribution is 7.91. The van der Waals surface area contributed by atoms with Crippen molar-refractivity contribution in [3.8, 4) is 0 Å². The summed E-state index contributed by atoms with van der Waals surface area (Å²) in [7, 11) is -2.86. The largest absolute Gasteiger partial charge is 0.381 e. The van der Waals surface area contributed by atoms with Crippen LogP contribution >= 0.6 is 0 Å². The summed E-state index contributed by atoms with van der Waals surface area (Å²) in [4.78, 5) is 11.6. The Bertz CT molecular complexity index is 606. The minimum atomic E-state index is -2.86. The molecule has 108 valence electrons. The van der Waals surface area contributed by atoms with Crippen LogP contribution in [-0.2, 0) is 14.6 Å². The molecule has 3 rings (SSSR count). The number of nitrogens with one attached hydrogen (secondary N) is 2. The first kappa shape index (κ1) is 13.4. The molecule has 1 saturated carbocycles. The molecule has 1 aliphatic carbocycles. The van der Waals surface area contributed by atoms with E-state index in [0.717, 1.165) is 24.2 Å². The van der Waals surface area contributed by atoms with Gasteiger partial charge in [-0.3, -0.25) is 4.79 Å². The number of amides is 1. The predicted octanol–water partition coefficient (Wildman–Crippen LogP) is 1.63. The smallest absolute Gasteiger partial charge is 0.227 e. The van der Waals surface area contributed by atoms with Gasteiger partial charge in [0.05, 0.1) is 11.5 Å². The third kappa shape index (κ3) is 3.30. The summed E-state index contributed by atoms with van der Waals surface area (Å²) in [6, 6.07) is 7.41. The molecule has 2 aliphatic rings. The number of hydrogen-bond acceptors (Lipinski definition) is 4. The van der Waals surface area contributed by atoms with Crippen molar-refractivity contribution >= 4 is 27.1 Å². The van der Waals surface area contributed by atoms with Crippen molar-refractivity contribution in [2.45, 2.75) is 25.3 Å². The second-order valence-corrected chi connectivity index (χ2v) is 7.81. The van der Waals surface area contributed by atoms with Crippen LogP contribution in [0, 0.1) is 5.92 Å². The van der Waals surface area contributed by atoms with Gasteiger partial charge in [-0.15, -0.1) is 0 Å². The van der Waals surface area contributed by atoms with Crippen LogP contribution in [0.5, 0.6) is 0 Å². The van der Waals surface area contributed by atoms with Crippen LogP contribution < -0.4 is 10.6 Å². The molecule has 1 aromatic rings. The molecule has 1 atom stereocenters. The number of rotatable bonds is 4. The van der Waals surface area contributed by atoms with Gasteiger partial charge in [0.25, 0.3) is 0 Å². The first-order valence-electron chi connectivity index (χ1n) is 6.90. The van der Waals surface area contributed by atoms with E-state index in [9.17, 15) is 13.2 Å². The lowest BCUT2D eigenvalue weighted by molar-refractivity contribution is -0.117. The zero-order valence-electron chi connectivity index (χ0n) is 11.1. The van der Waals surface area contributed by atoms with Crippen molar-refractivity contribution in [3.63, 3.8) is 0 Å². The minimum Gasteiger partial charge on any atom is -0.381 e. The van der Waals surface area contributed by atoms with Crippen LogP contribution in [-0.4, -0.2) is 31.9 Å². The molecular formula is C14H18N2O3S. The lowest BCUT2D eigenvalue weighted by atomic mass is 10.2. The van der Waals surface area contributed by atoms with Gasteiger partial charge in [-0.25, -0.2) is 8.42 Å². The number of carbonyl (C=O) groups excluding carboxylic acids is 1. The summed E-state index contributed by atoms with van der Waals surface area (Å²) >= 11 is 0. The summed E-state index contributed by atoms with van der Waals surface area (Å²) < 4.78 is 22.8. The Morgan fingerprint density at radius 1 is 1.05 bits per heavy atom. The summed E-state index contributed by atoms with van der Waals surface area (Å²) in [6.45, 7) is 0. The summed E-state index contributed by atoms with van der Waals surface area (Å²) in [5.74, 6) is 0.747. The van der Waals surface area contributed by atoms with Crippen LogP contribution in [0.4, 0.5) is 11.4 Å². The maximum Gasteiger partial charge on any atom is 0.227 e. The lowest BCUT2D eigenvalue weighted by Crippen LogP contribution is -2.20. The summed E-state index contributed by atoms with van der Waals surface area (Å²) in [6.07, 6.45) is 2.63. The molecule has 6 heteroatoms. The molecule has 1 aliphatic heterocycles. The fraction of sp³-hybridized carbons (Fsp3) is 0.500. The molecule has 2 N–H and O–H groups in total. The molecule has 1 heterocycles. The number of anilines is 2. The van der Waals surface area contributed by atoms with Gasteiger partial charge in [0.1, 0.15) is 0 Å². The fourth-order valence-corrected chi connectivity index (χ4v) is 4.06. The molecule has 1 unspecified atom stereocenters. The predicted molar refractivity (Wildman–Crippen MR) is 78.5 cm³/mol. The highest BCUT2D eigenvalue weighted by atomic mass is 32.2. The summed E-state index contributed by atoms with van der Waals surface area (Å²) in [5.41, 5.74) is 1.67. The van der Waals surface area contributed by atoms with Crippen LogP contribution in [0.15, 0.2) is 24.3 Å². The van der Waals surface area contributed by atoms with Crippen molar-refractivity contribution in [1.82, 2.24) is 0 Å². The minimum absolute atomic E-state index is 0.00750. The second-order valence-electron chi connectivity index (χ2n) is 5.59. The molecule has 0 spiro atoms.